The van der Waals surface area contributed by atoms with Crippen molar-refractivity contribution in [2.24, 2.45) is 5.41 Å². The highest BCUT2D eigenvalue weighted by Crippen LogP contribution is 2.44. The zero-order valence-corrected chi connectivity index (χ0v) is 31.6. The van der Waals surface area contributed by atoms with Crippen LogP contribution in [0.25, 0.3) is 21.1 Å². The zero-order chi connectivity index (χ0) is 37.0. The lowest BCUT2D eigenvalue weighted by Crippen LogP contribution is -2.54. The van der Waals surface area contributed by atoms with E-state index in [0.29, 0.717) is 60.4 Å². The number of nitrogens with one attached hydrogen (secondary N) is 2. The largest absolute Gasteiger partial charge is 0.393 e. The van der Waals surface area contributed by atoms with Crippen molar-refractivity contribution in [3.05, 3.63) is 46.0 Å². The first-order valence-electron chi connectivity index (χ1n) is 17.7. The number of likely N-dealkylation sites (tertiary alicyclic amines) is 1. The summed E-state index contributed by atoms with van der Waals surface area (Å²) in [5.74, 6) is 1.11. The highest BCUT2D eigenvalue weighted by molar-refractivity contribution is 7.87. The SMILES string of the molecule is CNc1nc(N2CCC3(CCN(Cc4ccc5c(cc(C#N)n5C[C@H](C)N5CCN(S(=O)(=O)NC)CC5)c4C)C3)C2)c2cc(CC(F)(F)F)sc2n1. The molecule has 0 aliphatic carbocycles. The molecule has 1 aromatic carbocycles. The number of aryl methyl sites for hydroxylation is 1. The summed E-state index contributed by atoms with van der Waals surface area (Å²) in [5, 5.41) is 14.8. The number of hydrogen-bond donors (Lipinski definition) is 2. The Morgan fingerprint density at radius 1 is 1.04 bits per heavy atom. The molecular formula is C35H45F3N10O2S2. The molecule has 3 saturated heterocycles. The maximum absolute atomic E-state index is 13.2. The van der Waals surface area contributed by atoms with Gasteiger partial charge < -0.3 is 14.8 Å². The number of nitriles is 1. The molecular weight excluding hydrogens is 714 g/mol. The van der Waals surface area contributed by atoms with Crippen LogP contribution in [0.4, 0.5) is 24.9 Å². The van der Waals surface area contributed by atoms with Crippen LogP contribution in [0.2, 0.25) is 0 Å². The first-order chi connectivity index (χ1) is 24.7. The van der Waals surface area contributed by atoms with E-state index < -0.39 is 22.8 Å². The van der Waals surface area contributed by atoms with Crippen molar-refractivity contribution in [2.75, 3.05) is 76.7 Å². The Balaban J connectivity index is 1.03. The molecule has 7 rings (SSSR count). The van der Waals surface area contributed by atoms with Gasteiger partial charge in [0.15, 0.2) is 0 Å². The Morgan fingerprint density at radius 3 is 2.48 bits per heavy atom. The van der Waals surface area contributed by atoms with Gasteiger partial charge in [0.05, 0.1) is 11.8 Å². The molecule has 12 nitrogen and oxygen atoms in total. The molecule has 17 heteroatoms. The molecule has 6 heterocycles. The summed E-state index contributed by atoms with van der Waals surface area (Å²) in [6.45, 7) is 11.2. The van der Waals surface area contributed by atoms with Crippen molar-refractivity contribution >= 4 is 54.4 Å². The molecule has 52 heavy (non-hydrogen) atoms. The van der Waals surface area contributed by atoms with Crippen LogP contribution >= 0.6 is 11.3 Å². The van der Waals surface area contributed by atoms with Gasteiger partial charge in [-0.3, -0.25) is 9.80 Å². The lowest BCUT2D eigenvalue weighted by Gasteiger charge is -2.37. The van der Waals surface area contributed by atoms with Crippen molar-refractivity contribution < 1.29 is 21.6 Å². The van der Waals surface area contributed by atoms with Crippen LogP contribution < -0.4 is 14.9 Å². The number of aromatic nitrogens is 3. The minimum absolute atomic E-state index is 0.0655. The van der Waals surface area contributed by atoms with Crippen molar-refractivity contribution in [3.8, 4) is 6.07 Å². The number of fused-ring (bicyclic) bond motifs is 2. The van der Waals surface area contributed by atoms with Crippen LogP contribution in [0, 0.1) is 23.7 Å². The monoisotopic (exact) mass is 758 g/mol. The van der Waals surface area contributed by atoms with Gasteiger partial charge in [0.1, 0.15) is 22.4 Å². The van der Waals surface area contributed by atoms with Gasteiger partial charge in [-0.25, -0.2) is 9.71 Å². The first kappa shape index (κ1) is 36.8. The zero-order valence-electron chi connectivity index (χ0n) is 29.9. The molecule has 1 unspecified atom stereocenters. The minimum atomic E-state index is -4.28. The molecule has 2 atom stereocenters. The fourth-order valence-electron chi connectivity index (χ4n) is 8.32. The molecule has 0 radical (unpaired) electrons. The lowest BCUT2D eigenvalue weighted by atomic mass is 9.86. The molecule has 0 bridgehead atoms. The van der Waals surface area contributed by atoms with Crippen LogP contribution in [-0.2, 0) is 29.7 Å². The summed E-state index contributed by atoms with van der Waals surface area (Å²) in [7, 11) is -0.296. The summed E-state index contributed by atoms with van der Waals surface area (Å²) < 4.78 is 70.1. The topological polar surface area (TPSA) is 126 Å². The number of piperazine rings is 1. The van der Waals surface area contributed by atoms with Crippen LogP contribution in [0.3, 0.4) is 0 Å². The lowest BCUT2D eigenvalue weighted by molar-refractivity contribution is -0.126. The quantitative estimate of drug-likeness (QED) is 0.240. The number of benzene rings is 1. The fraction of sp³-hybridized carbons (Fsp3) is 0.571. The minimum Gasteiger partial charge on any atom is -0.357 e. The van der Waals surface area contributed by atoms with E-state index in [1.807, 2.05) is 6.07 Å². The molecule has 1 spiro atoms. The standard InChI is InChI=1S/C35H45F3N10O2S2/c1-23(45-11-13-47(14-12-45)52(49,50)41-4)19-48-26(18-39)15-28-24(2)25(5-6-30(28)48)20-44-9-7-34(21-44)8-10-46(22-34)31-29-16-27(17-35(36,37)38)51-32(29)43-33(40-3)42-31/h5-6,15-16,23,41H,7-14,17,19-22H2,1-4H3,(H,40,42,43)/t23-,34?/m0/s1. The number of alkyl halides is 3. The Bertz CT molecular complexity index is 2120. The Morgan fingerprint density at radius 2 is 1.79 bits per heavy atom. The van der Waals surface area contributed by atoms with Gasteiger partial charge in [-0.2, -0.15) is 36.1 Å². The van der Waals surface area contributed by atoms with Crippen molar-refractivity contribution in [2.45, 2.75) is 58.4 Å². The van der Waals surface area contributed by atoms with Crippen LogP contribution in [0.1, 0.15) is 41.5 Å². The second kappa shape index (κ2) is 14.0. The van der Waals surface area contributed by atoms with Crippen molar-refractivity contribution in [1.29, 1.82) is 5.26 Å². The van der Waals surface area contributed by atoms with E-state index in [-0.39, 0.29) is 16.3 Å². The summed E-state index contributed by atoms with van der Waals surface area (Å²) in [6.07, 6.45) is -3.25. The molecule has 280 valence electrons. The van der Waals surface area contributed by atoms with Gasteiger partial charge in [0, 0.05) is 100 Å². The van der Waals surface area contributed by atoms with Gasteiger partial charge in [-0.1, -0.05) is 6.07 Å². The molecule has 4 aromatic rings. The highest BCUT2D eigenvalue weighted by Gasteiger charge is 2.44. The number of halogens is 3. The Hall–Kier alpha value is -3.53. The second-order valence-corrected chi connectivity index (χ2v) is 17.5. The average molecular weight is 759 g/mol. The number of anilines is 2. The fourth-order valence-corrected chi connectivity index (χ4v) is 10.3. The van der Waals surface area contributed by atoms with Crippen LogP contribution in [0.15, 0.2) is 24.3 Å². The van der Waals surface area contributed by atoms with Gasteiger partial charge in [-0.05, 0) is 62.6 Å². The van der Waals surface area contributed by atoms with Crippen molar-refractivity contribution in [1.82, 2.24) is 33.4 Å². The third-order valence-corrected chi connectivity index (χ3v) is 13.8. The Kier molecular flexibility index (Phi) is 9.93. The molecule has 3 aliphatic heterocycles. The summed E-state index contributed by atoms with van der Waals surface area (Å²) in [5.41, 5.74) is 4.09. The predicted molar refractivity (Wildman–Crippen MR) is 198 cm³/mol. The molecule has 3 aliphatic rings. The maximum atomic E-state index is 13.2. The highest BCUT2D eigenvalue weighted by atomic mass is 32.2. The first-order valence-corrected chi connectivity index (χ1v) is 19.9. The smallest absolute Gasteiger partial charge is 0.357 e. The predicted octanol–water partition coefficient (Wildman–Crippen LogP) is 4.55. The van der Waals surface area contributed by atoms with Crippen LogP contribution in [-0.4, -0.2) is 116 Å². The average Bonchev–Trinajstić information content (AvgIpc) is 3.90. The van der Waals surface area contributed by atoms with E-state index in [4.69, 9.17) is 4.98 Å². The number of hydrogen-bond acceptors (Lipinski definition) is 10. The number of nitrogens with zero attached hydrogens (tertiary/aromatic N) is 8. The molecule has 0 amide bonds. The van der Waals surface area contributed by atoms with E-state index >= 15 is 0 Å². The summed E-state index contributed by atoms with van der Waals surface area (Å²) in [6, 6.07) is 10.4. The normalized spacial score (nSPS) is 21.5. The van der Waals surface area contributed by atoms with E-state index in [2.05, 4.69) is 66.3 Å². The van der Waals surface area contributed by atoms with E-state index in [9.17, 15) is 26.9 Å². The third kappa shape index (κ3) is 7.21. The van der Waals surface area contributed by atoms with Gasteiger partial charge >= 0.3 is 6.18 Å². The van der Waals surface area contributed by atoms with Crippen molar-refractivity contribution in [3.63, 3.8) is 0 Å². The van der Waals surface area contributed by atoms with E-state index in [0.717, 1.165) is 73.4 Å². The summed E-state index contributed by atoms with van der Waals surface area (Å²) in [4.78, 5) is 17.0. The summed E-state index contributed by atoms with van der Waals surface area (Å²) >= 11 is 1.08. The Labute approximate surface area is 306 Å². The van der Waals surface area contributed by atoms with Gasteiger partial charge in [-0.15, -0.1) is 11.3 Å². The molecule has 3 aromatic heterocycles. The third-order valence-electron chi connectivity index (χ3n) is 11.2. The van der Waals surface area contributed by atoms with Gasteiger partial charge in [0.25, 0.3) is 10.2 Å². The second-order valence-electron chi connectivity index (χ2n) is 14.5. The number of rotatable bonds is 10. The van der Waals surface area contributed by atoms with E-state index in [1.165, 1.54) is 16.9 Å². The number of thiophene rings is 1. The maximum Gasteiger partial charge on any atom is 0.393 e. The van der Waals surface area contributed by atoms with Crippen LogP contribution in [0.5, 0.6) is 0 Å². The molecule has 2 N–H and O–H groups in total. The van der Waals surface area contributed by atoms with Gasteiger partial charge in [0.2, 0.25) is 5.95 Å². The van der Waals surface area contributed by atoms with E-state index in [1.54, 1.807) is 13.1 Å². The molecule has 3 fully saturated rings. The molecule has 0 saturated carbocycles.